The Morgan fingerprint density at radius 2 is 1.87 bits per heavy atom. The number of halogens is 1. The molecule has 47 heavy (non-hydrogen) atoms. The van der Waals surface area contributed by atoms with Gasteiger partial charge in [-0.1, -0.05) is 84.2 Å². The molecule has 1 amide bonds. The van der Waals surface area contributed by atoms with Gasteiger partial charge in [0.2, 0.25) is 0 Å². The summed E-state index contributed by atoms with van der Waals surface area (Å²) < 4.78 is 20.6. The van der Waals surface area contributed by atoms with Crippen molar-refractivity contribution in [2.45, 2.75) is 124 Å². The summed E-state index contributed by atoms with van der Waals surface area (Å²) >= 11 is 0. The van der Waals surface area contributed by atoms with Gasteiger partial charge in [-0.3, -0.25) is 4.79 Å². The van der Waals surface area contributed by atoms with Crippen LogP contribution < -0.4 is 9.64 Å². The number of hydrogen-bond acceptors (Lipinski definition) is 6. The molecule has 1 aromatic heterocycles. The Labute approximate surface area is 282 Å². The summed E-state index contributed by atoms with van der Waals surface area (Å²) in [4.78, 5) is 26.5. The topological polar surface area (TPSA) is 82.3 Å². The maximum absolute atomic E-state index is 13.9. The number of aromatic nitrogens is 2. The first-order valence-corrected chi connectivity index (χ1v) is 18.0. The lowest BCUT2D eigenvalue weighted by molar-refractivity contribution is -0.131. The third kappa shape index (κ3) is 8.91. The number of hydrogen-bond donors (Lipinski definition) is 0. The largest absolute Gasteiger partial charge is 0.463 e. The van der Waals surface area contributed by atoms with E-state index in [4.69, 9.17) is 14.7 Å². The zero-order valence-electron chi connectivity index (χ0n) is 29.5. The van der Waals surface area contributed by atoms with Gasteiger partial charge in [0.05, 0.1) is 30.8 Å². The molecule has 1 aliphatic carbocycles. The lowest BCUT2D eigenvalue weighted by Crippen LogP contribution is -2.55. The van der Waals surface area contributed by atoms with Gasteiger partial charge < -0.3 is 14.5 Å². The molecule has 0 radical (unpaired) electrons. The SMILES string of the molecule is C=C(F)C(=O)N1CCN(c2nc(OCC(CCC)(CCC)CCCC)nc3c2CCC(CCc2ccccc2C)C3C)CC1CC#N. The molecule has 1 aromatic carbocycles. The number of carbonyl (C=O) groups is 1. The first kappa shape index (κ1) is 36.4. The first-order chi connectivity index (χ1) is 22.7. The normalized spacial score (nSPS) is 19.6. The fourth-order valence-corrected chi connectivity index (χ4v) is 8.01. The highest BCUT2D eigenvalue weighted by atomic mass is 19.1. The Morgan fingerprint density at radius 1 is 1.13 bits per heavy atom. The second-order valence-electron chi connectivity index (χ2n) is 14.0. The molecule has 256 valence electrons. The molecule has 0 bridgehead atoms. The van der Waals surface area contributed by atoms with Crippen LogP contribution in [-0.2, 0) is 17.6 Å². The number of benzene rings is 1. The molecule has 8 heteroatoms. The van der Waals surface area contributed by atoms with Crippen molar-refractivity contribution in [3.63, 3.8) is 0 Å². The highest BCUT2D eigenvalue weighted by molar-refractivity contribution is 5.91. The third-order valence-corrected chi connectivity index (χ3v) is 10.7. The maximum atomic E-state index is 13.9. The number of nitrogens with zero attached hydrogens (tertiary/aromatic N) is 5. The molecule has 7 nitrogen and oxygen atoms in total. The molecule has 3 unspecified atom stereocenters. The molecule has 0 spiro atoms. The van der Waals surface area contributed by atoms with Crippen LogP contribution in [0.3, 0.4) is 0 Å². The van der Waals surface area contributed by atoms with Crippen LogP contribution in [0.4, 0.5) is 10.2 Å². The summed E-state index contributed by atoms with van der Waals surface area (Å²) in [7, 11) is 0. The lowest BCUT2D eigenvalue weighted by atomic mass is 9.76. The summed E-state index contributed by atoms with van der Waals surface area (Å²) in [6.07, 6.45) is 12.1. The van der Waals surface area contributed by atoms with E-state index in [1.165, 1.54) is 22.4 Å². The van der Waals surface area contributed by atoms with Crippen molar-refractivity contribution in [1.29, 1.82) is 5.26 Å². The minimum Gasteiger partial charge on any atom is -0.463 e. The van der Waals surface area contributed by atoms with Crippen LogP contribution in [0.25, 0.3) is 0 Å². The van der Waals surface area contributed by atoms with Crippen molar-refractivity contribution < 1.29 is 13.9 Å². The molecule has 2 heterocycles. The van der Waals surface area contributed by atoms with Gasteiger partial charge in [0.25, 0.3) is 5.91 Å². The van der Waals surface area contributed by atoms with Gasteiger partial charge in [-0.2, -0.15) is 15.2 Å². The van der Waals surface area contributed by atoms with E-state index in [9.17, 15) is 14.4 Å². The number of aryl methyl sites for hydroxylation is 2. The summed E-state index contributed by atoms with van der Waals surface area (Å²) in [5.41, 5.74) is 5.04. The van der Waals surface area contributed by atoms with E-state index in [2.05, 4.69) is 76.4 Å². The second kappa shape index (κ2) is 17.1. The van der Waals surface area contributed by atoms with Crippen LogP contribution in [0.1, 0.15) is 120 Å². The number of piperazine rings is 1. The molecule has 3 atom stereocenters. The highest BCUT2D eigenvalue weighted by Crippen LogP contribution is 2.43. The fraction of sp³-hybridized carbons (Fsp3) is 0.641. The Bertz CT molecular complexity index is 1400. The van der Waals surface area contributed by atoms with Gasteiger partial charge in [-0.05, 0) is 68.9 Å². The summed E-state index contributed by atoms with van der Waals surface area (Å²) in [5.74, 6) is -0.172. The van der Waals surface area contributed by atoms with E-state index in [1.54, 1.807) is 0 Å². The summed E-state index contributed by atoms with van der Waals surface area (Å²) in [6, 6.07) is 10.8. The first-order valence-electron chi connectivity index (χ1n) is 18.0. The fourth-order valence-electron chi connectivity index (χ4n) is 8.01. The molecule has 0 saturated carbocycles. The van der Waals surface area contributed by atoms with Gasteiger partial charge in [0.1, 0.15) is 5.82 Å². The van der Waals surface area contributed by atoms with Crippen molar-refractivity contribution in [3.05, 3.63) is 59.1 Å². The predicted molar refractivity (Wildman–Crippen MR) is 187 cm³/mol. The average molecular weight is 646 g/mol. The minimum atomic E-state index is -0.993. The third-order valence-electron chi connectivity index (χ3n) is 10.7. The molecule has 2 aliphatic rings. The van der Waals surface area contributed by atoms with E-state index >= 15 is 0 Å². The Kier molecular flexibility index (Phi) is 13.2. The van der Waals surface area contributed by atoms with Gasteiger partial charge in [0, 0.05) is 36.5 Å². The number of fused-ring (bicyclic) bond motifs is 1. The van der Waals surface area contributed by atoms with Crippen LogP contribution in [-0.4, -0.2) is 53.1 Å². The van der Waals surface area contributed by atoms with Crippen molar-refractivity contribution in [1.82, 2.24) is 14.9 Å². The number of nitriles is 1. The van der Waals surface area contributed by atoms with E-state index in [0.717, 1.165) is 81.3 Å². The van der Waals surface area contributed by atoms with Crippen molar-refractivity contribution in [2.75, 3.05) is 31.1 Å². The predicted octanol–water partition coefficient (Wildman–Crippen LogP) is 8.65. The number of unbranched alkanes of at least 4 members (excludes halogenated alkanes) is 1. The monoisotopic (exact) mass is 645 g/mol. The standard InChI is InChI=1S/C39H56FN5O2/c1-7-10-22-39(20-8-2,21-9-3)27-47-38-42-35-29(5)32(16-15-31-14-12-11-13-28(31)4)17-18-34(35)36(43-38)44-24-25-45(37(46)30(6)40)33(26-44)19-23-41/h11-14,29,32-33H,6-10,15-22,24-27H2,1-5H3. The highest BCUT2D eigenvalue weighted by Gasteiger charge is 2.37. The van der Waals surface area contributed by atoms with E-state index in [1.807, 2.05) is 0 Å². The molecule has 1 fully saturated rings. The van der Waals surface area contributed by atoms with Crippen molar-refractivity contribution >= 4 is 11.7 Å². The molecular weight excluding hydrogens is 589 g/mol. The molecule has 1 aliphatic heterocycles. The summed E-state index contributed by atoms with van der Waals surface area (Å²) in [6.45, 7) is 16.2. The molecule has 4 rings (SSSR count). The number of ether oxygens (including phenoxy) is 1. The summed E-state index contributed by atoms with van der Waals surface area (Å²) in [5, 5.41) is 9.59. The van der Waals surface area contributed by atoms with Crippen molar-refractivity contribution in [3.8, 4) is 12.1 Å². The van der Waals surface area contributed by atoms with E-state index in [-0.39, 0.29) is 17.8 Å². The van der Waals surface area contributed by atoms with E-state index in [0.29, 0.717) is 38.2 Å². The smallest absolute Gasteiger partial charge is 0.318 e. The van der Waals surface area contributed by atoms with Crippen molar-refractivity contribution in [2.24, 2.45) is 11.3 Å². The van der Waals surface area contributed by atoms with Gasteiger partial charge in [-0.25, -0.2) is 4.39 Å². The second-order valence-corrected chi connectivity index (χ2v) is 14.0. The quantitative estimate of drug-likeness (QED) is 0.170. The van der Waals surface area contributed by atoms with Gasteiger partial charge in [-0.15, -0.1) is 0 Å². The van der Waals surface area contributed by atoms with Crippen LogP contribution in [0.15, 0.2) is 36.7 Å². The van der Waals surface area contributed by atoms with Gasteiger partial charge >= 0.3 is 6.01 Å². The number of carbonyl (C=O) groups excluding carboxylic acids is 1. The molecule has 0 N–H and O–H groups in total. The zero-order valence-corrected chi connectivity index (χ0v) is 29.5. The van der Waals surface area contributed by atoms with Gasteiger partial charge in [0.15, 0.2) is 5.83 Å². The number of rotatable bonds is 16. The molecule has 2 aromatic rings. The Morgan fingerprint density at radius 3 is 2.53 bits per heavy atom. The Balaban J connectivity index is 1.67. The lowest BCUT2D eigenvalue weighted by Gasteiger charge is -2.42. The maximum Gasteiger partial charge on any atom is 0.318 e. The Hall–Kier alpha value is -3.47. The van der Waals surface area contributed by atoms with Crippen LogP contribution in [0, 0.1) is 29.6 Å². The average Bonchev–Trinajstić information content (AvgIpc) is 3.06. The van der Waals surface area contributed by atoms with Crippen LogP contribution >= 0.6 is 0 Å². The van der Waals surface area contributed by atoms with Crippen LogP contribution in [0.5, 0.6) is 6.01 Å². The van der Waals surface area contributed by atoms with Crippen LogP contribution in [0.2, 0.25) is 0 Å². The number of anilines is 1. The molecule has 1 saturated heterocycles. The minimum absolute atomic E-state index is 0.0965. The number of amides is 1. The van der Waals surface area contributed by atoms with E-state index < -0.39 is 17.8 Å². The molecular formula is C39H56FN5O2. The zero-order chi connectivity index (χ0) is 34.0.